The molecule has 4 rings (SSSR count). The van der Waals surface area contributed by atoms with E-state index in [1.807, 2.05) is 30.0 Å². The largest absolute Gasteiger partial charge is 0.330 e. The highest BCUT2D eigenvalue weighted by molar-refractivity contribution is 9.10. The lowest BCUT2D eigenvalue weighted by atomic mass is 9.85. The van der Waals surface area contributed by atoms with Gasteiger partial charge in [-0.15, -0.1) is 11.3 Å². The van der Waals surface area contributed by atoms with Crippen LogP contribution < -0.4 is 0 Å². The molecule has 2 amide bonds. The fourth-order valence-corrected chi connectivity index (χ4v) is 5.99. The van der Waals surface area contributed by atoms with Crippen molar-refractivity contribution >= 4 is 39.1 Å². The van der Waals surface area contributed by atoms with Crippen LogP contribution in [-0.2, 0) is 16.6 Å². The summed E-state index contributed by atoms with van der Waals surface area (Å²) < 4.78 is 0.853. The molecule has 6 heteroatoms. The number of rotatable bonds is 6. The average molecular weight is 554 g/mol. The number of benzene rings is 2. The van der Waals surface area contributed by atoms with E-state index in [9.17, 15) is 9.59 Å². The molecule has 35 heavy (non-hydrogen) atoms. The van der Waals surface area contributed by atoms with Gasteiger partial charge in [0.2, 0.25) is 5.91 Å². The Kier molecular flexibility index (Phi) is 7.82. The summed E-state index contributed by atoms with van der Waals surface area (Å²) in [6.07, 6.45) is 1.64. The number of carbonyl (C=O) groups is 2. The van der Waals surface area contributed by atoms with E-state index in [2.05, 4.69) is 72.4 Å². The van der Waals surface area contributed by atoms with Crippen LogP contribution in [0.15, 0.2) is 64.5 Å². The van der Waals surface area contributed by atoms with E-state index < -0.39 is 0 Å². The Hall–Kier alpha value is -2.44. The lowest BCUT2D eigenvalue weighted by molar-refractivity contribution is -0.134. The third kappa shape index (κ3) is 5.70. The van der Waals surface area contributed by atoms with Gasteiger partial charge in [-0.1, -0.05) is 74.0 Å². The SMILES string of the molecule is CCCN(CC(=O)N1CCc2sccc2C1c1ccc(C(C)(C)C)cc1)C(=O)c1cccc(Br)c1. The number of fused-ring (bicyclic) bond motifs is 1. The number of halogens is 1. The van der Waals surface area contributed by atoms with Crippen molar-refractivity contribution in [2.24, 2.45) is 0 Å². The van der Waals surface area contributed by atoms with Gasteiger partial charge in [0.05, 0.1) is 6.04 Å². The van der Waals surface area contributed by atoms with Gasteiger partial charge < -0.3 is 9.80 Å². The van der Waals surface area contributed by atoms with Crippen molar-refractivity contribution in [3.05, 3.63) is 91.6 Å². The number of hydrogen-bond acceptors (Lipinski definition) is 3. The maximum absolute atomic E-state index is 13.8. The summed E-state index contributed by atoms with van der Waals surface area (Å²) in [6.45, 7) is 9.93. The van der Waals surface area contributed by atoms with Gasteiger partial charge in [-0.25, -0.2) is 0 Å². The number of thiophene rings is 1. The minimum Gasteiger partial charge on any atom is -0.330 e. The first-order chi connectivity index (χ1) is 16.7. The van der Waals surface area contributed by atoms with Crippen LogP contribution in [0.1, 0.15) is 72.1 Å². The van der Waals surface area contributed by atoms with Crippen LogP contribution in [0, 0.1) is 0 Å². The van der Waals surface area contributed by atoms with Crippen molar-refractivity contribution in [3.63, 3.8) is 0 Å². The highest BCUT2D eigenvalue weighted by Crippen LogP contribution is 2.38. The second kappa shape index (κ2) is 10.7. The van der Waals surface area contributed by atoms with Gasteiger partial charge in [0, 0.05) is 28.0 Å². The molecular weight excluding hydrogens is 520 g/mol. The van der Waals surface area contributed by atoms with Gasteiger partial charge in [-0.05, 0) is 64.6 Å². The van der Waals surface area contributed by atoms with E-state index in [-0.39, 0.29) is 29.8 Å². The summed E-state index contributed by atoms with van der Waals surface area (Å²) in [5, 5.41) is 2.12. The summed E-state index contributed by atoms with van der Waals surface area (Å²) in [5.74, 6) is -0.121. The van der Waals surface area contributed by atoms with Crippen molar-refractivity contribution in [2.45, 2.75) is 52.0 Å². The molecule has 1 aliphatic rings. The molecule has 0 saturated heterocycles. The smallest absolute Gasteiger partial charge is 0.254 e. The molecule has 1 aliphatic heterocycles. The topological polar surface area (TPSA) is 40.6 Å². The molecule has 3 aromatic rings. The van der Waals surface area contributed by atoms with Crippen LogP contribution in [0.4, 0.5) is 0 Å². The Morgan fingerprint density at radius 1 is 1.11 bits per heavy atom. The normalized spacial score (nSPS) is 15.6. The summed E-state index contributed by atoms with van der Waals surface area (Å²) in [4.78, 5) is 32.0. The molecule has 1 unspecified atom stereocenters. The summed E-state index contributed by atoms with van der Waals surface area (Å²) in [7, 11) is 0. The second-order valence-corrected chi connectivity index (χ2v) is 12.1. The number of amides is 2. The van der Waals surface area contributed by atoms with Crippen molar-refractivity contribution in [1.29, 1.82) is 0 Å². The third-order valence-corrected chi connectivity index (χ3v) is 8.05. The van der Waals surface area contributed by atoms with E-state index in [1.165, 1.54) is 16.0 Å². The minimum absolute atomic E-state index is 0.0106. The monoisotopic (exact) mass is 552 g/mol. The molecule has 1 aromatic heterocycles. The highest BCUT2D eigenvalue weighted by Gasteiger charge is 2.34. The Bertz CT molecular complexity index is 1200. The van der Waals surface area contributed by atoms with Crippen molar-refractivity contribution in [3.8, 4) is 0 Å². The van der Waals surface area contributed by atoms with E-state index in [4.69, 9.17) is 0 Å². The predicted molar refractivity (Wildman–Crippen MR) is 147 cm³/mol. The molecule has 184 valence electrons. The lowest BCUT2D eigenvalue weighted by Gasteiger charge is -2.38. The van der Waals surface area contributed by atoms with Crippen molar-refractivity contribution in [1.82, 2.24) is 9.80 Å². The molecular formula is C29H33BrN2O2S. The Morgan fingerprint density at radius 3 is 2.51 bits per heavy atom. The molecule has 2 aromatic carbocycles. The fourth-order valence-electron chi connectivity index (χ4n) is 4.69. The van der Waals surface area contributed by atoms with Crippen LogP contribution >= 0.6 is 27.3 Å². The molecule has 4 nitrogen and oxygen atoms in total. The van der Waals surface area contributed by atoms with E-state index in [1.54, 1.807) is 22.3 Å². The van der Waals surface area contributed by atoms with E-state index in [0.717, 1.165) is 22.9 Å². The average Bonchev–Trinajstić information content (AvgIpc) is 3.31. The zero-order valence-electron chi connectivity index (χ0n) is 20.9. The zero-order chi connectivity index (χ0) is 25.2. The Labute approximate surface area is 221 Å². The molecule has 0 spiro atoms. The zero-order valence-corrected chi connectivity index (χ0v) is 23.3. The van der Waals surface area contributed by atoms with E-state index in [0.29, 0.717) is 18.7 Å². The highest BCUT2D eigenvalue weighted by atomic mass is 79.9. The van der Waals surface area contributed by atoms with Gasteiger partial charge in [-0.2, -0.15) is 0 Å². The molecule has 2 heterocycles. The van der Waals surface area contributed by atoms with Gasteiger partial charge >= 0.3 is 0 Å². The summed E-state index contributed by atoms with van der Waals surface area (Å²) >= 11 is 5.21. The maximum atomic E-state index is 13.8. The molecule has 1 atom stereocenters. The standard InChI is InChI=1S/C29H33BrN2O2S/c1-5-15-31(28(34)21-7-6-8-23(30)18-21)19-26(33)32-16-13-25-24(14-17-35-25)27(32)20-9-11-22(12-10-20)29(2,3)4/h6-12,14,17-18,27H,5,13,15-16,19H2,1-4H3. The lowest BCUT2D eigenvalue weighted by Crippen LogP contribution is -2.47. The van der Waals surface area contributed by atoms with Crippen LogP contribution in [0.25, 0.3) is 0 Å². The molecule has 0 fully saturated rings. The Balaban J connectivity index is 1.62. The molecule has 0 aliphatic carbocycles. The Morgan fingerprint density at radius 2 is 1.86 bits per heavy atom. The summed E-state index contributed by atoms with van der Waals surface area (Å²) in [5.41, 5.74) is 4.26. The van der Waals surface area contributed by atoms with Gasteiger partial charge in [0.1, 0.15) is 6.54 Å². The number of nitrogens with zero attached hydrogens (tertiary/aromatic N) is 2. The first-order valence-electron chi connectivity index (χ1n) is 12.2. The number of hydrogen-bond donors (Lipinski definition) is 0. The van der Waals surface area contributed by atoms with Crippen LogP contribution in [0.2, 0.25) is 0 Å². The van der Waals surface area contributed by atoms with Crippen LogP contribution in [0.3, 0.4) is 0 Å². The third-order valence-electron chi connectivity index (χ3n) is 6.56. The maximum Gasteiger partial charge on any atom is 0.254 e. The summed E-state index contributed by atoms with van der Waals surface area (Å²) in [6, 6.07) is 18.1. The van der Waals surface area contributed by atoms with Gasteiger partial charge in [0.15, 0.2) is 0 Å². The quantitative estimate of drug-likeness (QED) is 0.336. The molecule has 0 saturated carbocycles. The minimum atomic E-state index is -0.129. The van der Waals surface area contributed by atoms with Crippen LogP contribution in [0.5, 0.6) is 0 Å². The number of carbonyl (C=O) groups excluding carboxylic acids is 2. The van der Waals surface area contributed by atoms with Crippen molar-refractivity contribution in [2.75, 3.05) is 19.6 Å². The first kappa shape index (κ1) is 25.6. The first-order valence-corrected chi connectivity index (χ1v) is 13.9. The predicted octanol–water partition coefficient (Wildman–Crippen LogP) is 6.83. The van der Waals surface area contributed by atoms with E-state index >= 15 is 0 Å². The molecule has 0 bridgehead atoms. The van der Waals surface area contributed by atoms with Gasteiger partial charge in [-0.3, -0.25) is 9.59 Å². The van der Waals surface area contributed by atoms with Crippen LogP contribution in [-0.4, -0.2) is 41.2 Å². The molecule has 0 radical (unpaired) electrons. The fraction of sp³-hybridized carbons (Fsp3) is 0.379. The van der Waals surface area contributed by atoms with Crippen molar-refractivity contribution < 1.29 is 9.59 Å². The van der Waals surface area contributed by atoms with Gasteiger partial charge in [0.25, 0.3) is 5.91 Å². The molecule has 0 N–H and O–H groups in total. The second-order valence-electron chi connectivity index (χ2n) is 10.1.